The van der Waals surface area contributed by atoms with Crippen molar-refractivity contribution in [2.45, 2.75) is 51.1 Å². The molecular weight excluding hydrogens is 300 g/mol. The Labute approximate surface area is 125 Å². The van der Waals surface area contributed by atoms with Crippen molar-refractivity contribution in [3.8, 4) is 0 Å². The van der Waals surface area contributed by atoms with Gasteiger partial charge in [0.25, 0.3) is 0 Å². The molecule has 1 aromatic rings. The number of benzene rings is 1. The summed E-state index contributed by atoms with van der Waals surface area (Å²) in [5.74, 6) is 0. The predicted octanol–water partition coefficient (Wildman–Crippen LogP) is 3.58. The van der Waals surface area contributed by atoms with Crippen LogP contribution in [0.25, 0.3) is 0 Å². The fourth-order valence-corrected chi connectivity index (χ4v) is 3.45. The molecule has 1 heterocycles. The Morgan fingerprint density at radius 1 is 1.32 bits per heavy atom. The molecule has 1 aliphatic rings. The summed E-state index contributed by atoms with van der Waals surface area (Å²) >= 11 is 3.49. The number of likely N-dealkylation sites (tertiary alicyclic amines) is 1. The SMILES string of the molecule is CC(Cc1ccc(Br)cc1)N1CCCCC1CCN. The average molecular weight is 325 g/mol. The molecule has 106 valence electrons. The second-order valence-electron chi connectivity index (χ2n) is 5.64. The van der Waals surface area contributed by atoms with Crippen LogP contribution in [0, 0.1) is 0 Å². The summed E-state index contributed by atoms with van der Waals surface area (Å²) in [6.07, 6.45) is 6.30. The van der Waals surface area contributed by atoms with Gasteiger partial charge < -0.3 is 5.73 Å². The average Bonchev–Trinajstić information content (AvgIpc) is 2.42. The lowest BCUT2D eigenvalue weighted by atomic mass is 9.95. The quantitative estimate of drug-likeness (QED) is 0.896. The lowest BCUT2D eigenvalue weighted by Crippen LogP contribution is -2.46. The Kier molecular flexibility index (Phi) is 5.86. The van der Waals surface area contributed by atoms with Gasteiger partial charge in [-0.3, -0.25) is 4.90 Å². The smallest absolute Gasteiger partial charge is 0.0175 e. The highest BCUT2D eigenvalue weighted by molar-refractivity contribution is 9.10. The van der Waals surface area contributed by atoms with E-state index >= 15 is 0 Å². The van der Waals surface area contributed by atoms with Crippen LogP contribution in [0.5, 0.6) is 0 Å². The molecule has 0 spiro atoms. The van der Waals surface area contributed by atoms with E-state index in [2.05, 4.69) is 52.0 Å². The molecule has 0 bridgehead atoms. The largest absolute Gasteiger partial charge is 0.330 e. The van der Waals surface area contributed by atoms with Crippen LogP contribution in [0.3, 0.4) is 0 Å². The van der Waals surface area contributed by atoms with E-state index < -0.39 is 0 Å². The minimum absolute atomic E-state index is 0.609. The molecule has 0 amide bonds. The maximum atomic E-state index is 5.76. The van der Waals surface area contributed by atoms with Crippen molar-refractivity contribution >= 4 is 15.9 Å². The molecular formula is C16H25BrN2. The summed E-state index contributed by atoms with van der Waals surface area (Å²) in [4.78, 5) is 2.68. The van der Waals surface area contributed by atoms with Crippen LogP contribution in [0.2, 0.25) is 0 Å². The molecule has 2 atom stereocenters. The molecule has 1 fully saturated rings. The van der Waals surface area contributed by atoms with E-state index in [1.54, 1.807) is 0 Å². The topological polar surface area (TPSA) is 29.3 Å². The van der Waals surface area contributed by atoms with Gasteiger partial charge in [-0.15, -0.1) is 0 Å². The fourth-order valence-electron chi connectivity index (χ4n) is 3.18. The first kappa shape index (κ1) is 15.0. The van der Waals surface area contributed by atoms with Crippen LogP contribution in [-0.4, -0.2) is 30.1 Å². The molecule has 2 N–H and O–H groups in total. The van der Waals surface area contributed by atoms with Crippen molar-refractivity contribution in [2.24, 2.45) is 5.73 Å². The molecule has 1 aliphatic heterocycles. The normalized spacial score (nSPS) is 22.4. The van der Waals surface area contributed by atoms with E-state index in [4.69, 9.17) is 5.73 Å². The third kappa shape index (κ3) is 4.30. The van der Waals surface area contributed by atoms with Gasteiger partial charge in [0.2, 0.25) is 0 Å². The molecule has 0 saturated carbocycles. The van der Waals surface area contributed by atoms with Gasteiger partial charge in [-0.05, 0) is 63.4 Å². The summed E-state index contributed by atoms with van der Waals surface area (Å²) in [5, 5.41) is 0. The second kappa shape index (κ2) is 7.41. The Bertz CT molecular complexity index is 375. The maximum Gasteiger partial charge on any atom is 0.0175 e. The number of hydrogen-bond acceptors (Lipinski definition) is 2. The summed E-state index contributed by atoms with van der Waals surface area (Å²) in [5.41, 5.74) is 7.18. The molecule has 2 nitrogen and oxygen atoms in total. The van der Waals surface area contributed by atoms with Crippen molar-refractivity contribution in [3.05, 3.63) is 34.3 Å². The minimum Gasteiger partial charge on any atom is -0.330 e. The zero-order valence-corrected chi connectivity index (χ0v) is 13.4. The zero-order valence-electron chi connectivity index (χ0n) is 11.8. The van der Waals surface area contributed by atoms with Gasteiger partial charge in [0.15, 0.2) is 0 Å². The maximum absolute atomic E-state index is 5.76. The molecule has 0 radical (unpaired) electrons. The van der Waals surface area contributed by atoms with Crippen LogP contribution < -0.4 is 5.73 Å². The van der Waals surface area contributed by atoms with E-state index in [0.717, 1.165) is 23.9 Å². The highest BCUT2D eigenvalue weighted by Gasteiger charge is 2.25. The van der Waals surface area contributed by atoms with Crippen LogP contribution >= 0.6 is 15.9 Å². The number of piperidine rings is 1. The van der Waals surface area contributed by atoms with E-state index in [1.807, 2.05) is 0 Å². The molecule has 1 aromatic carbocycles. The number of halogens is 1. The Morgan fingerprint density at radius 3 is 2.74 bits per heavy atom. The first-order chi connectivity index (χ1) is 9.20. The van der Waals surface area contributed by atoms with Gasteiger partial charge in [-0.1, -0.05) is 34.5 Å². The third-order valence-electron chi connectivity index (χ3n) is 4.18. The Morgan fingerprint density at radius 2 is 2.05 bits per heavy atom. The van der Waals surface area contributed by atoms with Crippen molar-refractivity contribution in [1.82, 2.24) is 4.90 Å². The number of nitrogens with two attached hydrogens (primary N) is 1. The summed E-state index contributed by atoms with van der Waals surface area (Å²) in [7, 11) is 0. The van der Waals surface area contributed by atoms with Gasteiger partial charge in [-0.2, -0.15) is 0 Å². The van der Waals surface area contributed by atoms with Crippen LogP contribution in [0.15, 0.2) is 28.7 Å². The molecule has 3 heteroatoms. The summed E-state index contributed by atoms with van der Waals surface area (Å²) < 4.78 is 1.16. The number of hydrogen-bond donors (Lipinski definition) is 1. The van der Waals surface area contributed by atoms with Gasteiger partial charge in [-0.25, -0.2) is 0 Å². The predicted molar refractivity (Wildman–Crippen MR) is 85.3 cm³/mol. The van der Waals surface area contributed by atoms with Crippen LogP contribution in [-0.2, 0) is 6.42 Å². The fraction of sp³-hybridized carbons (Fsp3) is 0.625. The van der Waals surface area contributed by atoms with Crippen LogP contribution in [0.4, 0.5) is 0 Å². The number of nitrogens with zero attached hydrogens (tertiary/aromatic N) is 1. The van der Waals surface area contributed by atoms with E-state index in [-0.39, 0.29) is 0 Å². The third-order valence-corrected chi connectivity index (χ3v) is 4.71. The van der Waals surface area contributed by atoms with Crippen molar-refractivity contribution in [2.75, 3.05) is 13.1 Å². The van der Waals surface area contributed by atoms with Crippen molar-refractivity contribution in [3.63, 3.8) is 0 Å². The highest BCUT2D eigenvalue weighted by atomic mass is 79.9. The van der Waals surface area contributed by atoms with Gasteiger partial charge >= 0.3 is 0 Å². The van der Waals surface area contributed by atoms with E-state index in [9.17, 15) is 0 Å². The summed E-state index contributed by atoms with van der Waals surface area (Å²) in [6.45, 7) is 4.41. The standard InChI is InChI=1S/C16H25BrN2/c1-13(12-14-5-7-15(17)8-6-14)19-11-3-2-4-16(19)9-10-18/h5-8,13,16H,2-4,9-12,18H2,1H3. The highest BCUT2D eigenvalue weighted by Crippen LogP contribution is 2.23. The lowest BCUT2D eigenvalue weighted by molar-refractivity contribution is 0.0983. The van der Waals surface area contributed by atoms with Crippen molar-refractivity contribution < 1.29 is 0 Å². The Balaban J connectivity index is 1.96. The second-order valence-corrected chi connectivity index (χ2v) is 6.56. The molecule has 2 rings (SSSR count). The molecule has 1 saturated heterocycles. The van der Waals surface area contributed by atoms with Gasteiger partial charge in [0, 0.05) is 16.6 Å². The molecule has 0 aromatic heterocycles. The van der Waals surface area contributed by atoms with Gasteiger partial charge in [0.1, 0.15) is 0 Å². The lowest BCUT2D eigenvalue weighted by Gasteiger charge is -2.40. The summed E-state index contributed by atoms with van der Waals surface area (Å²) in [6, 6.07) is 10.0. The monoisotopic (exact) mass is 324 g/mol. The van der Waals surface area contributed by atoms with Gasteiger partial charge in [0.05, 0.1) is 0 Å². The molecule has 19 heavy (non-hydrogen) atoms. The van der Waals surface area contributed by atoms with E-state index in [0.29, 0.717) is 12.1 Å². The zero-order chi connectivity index (χ0) is 13.7. The minimum atomic E-state index is 0.609. The molecule has 0 aliphatic carbocycles. The van der Waals surface area contributed by atoms with E-state index in [1.165, 1.54) is 31.4 Å². The first-order valence-corrected chi connectivity index (χ1v) is 8.20. The molecule has 2 unspecified atom stereocenters. The van der Waals surface area contributed by atoms with Crippen LogP contribution in [0.1, 0.15) is 38.2 Å². The first-order valence-electron chi connectivity index (χ1n) is 7.41. The number of rotatable bonds is 5. The Hall–Kier alpha value is -0.380. The van der Waals surface area contributed by atoms with Crippen molar-refractivity contribution in [1.29, 1.82) is 0 Å².